The van der Waals surface area contributed by atoms with Crippen LogP contribution in [-0.2, 0) is 0 Å². The highest BCUT2D eigenvalue weighted by atomic mass is 32.2. The minimum atomic E-state index is 0.345. The van der Waals surface area contributed by atoms with Crippen LogP contribution in [0.5, 0.6) is 11.5 Å². The largest absolute Gasteiger partial charge is 0.453 e. The molecule has 6 heteroatoms. The van der Waals surface area contributed by atoms with E-state index in [2.05, 4.69) is 15.0 Å². The topological polar surface area (TPSA) is 73.9 Å². The van der Waals surface area contributed by atoms with E-state index in [1.165, 1.54) is 11.8 Å². The lowest BCUT2D eigenvalue weighted by molar-refractivity contribution is 0.481. The number of nitrogens with zero attached hydrogens (tertiary/aromatic N) is 3. The minimum absolute atomic E-state index is 0.345. The minimum Gasteiger partial charge on any atom is -0.453 e. The zero-order valence-corrected chi connectivity index (χ0v) is 11.8. The van der Waals surface area contributed by atoms with Crippen molar-refractivity contribution in [3.63, 3.8) is 0 Å². The van der Waals surface area contributed by atoms with Gasteiger partial charge >= 0.3 is 0 Å². The number of para-hydroxylation sites is 1. The van der Waals surface area contributed by atoms with Crippen molar-refractivity contribution in [2.24, 2.45) is 0 Å². The van der Waals surface area contributed by atoms with Crippen LogP contribution in [-0.4, -0.2) is 15.0 Å². The summed E-state index contributed by atoms with van der Waals surface area (Å²) in [5, 5.41) is 0.648. The van der Waals surface area contributed by atoms with Crippen LogP contribution >= 0.6 is 11.8 Å². The maximum absolute atomic E-state index is 5.85. The molecule has 0 aliphatic rings. The fraction of sp³-hybridized carbons (Fsp3) is 0. The summed E-state index contributed by atoms with van der Waals surface area (Å²) in [4.78, 5) is 13.3. The first-order valence-corrected chi connectivity index (χ1v) is 7.06. The van der Waals surface area contributed by atoms with Crippen molar-refractivity contribution < 1.29 is 4.74 Å². The Morgan fingerprint density at radius 2 is 1.71 bits per heavy atom. The van der Waals surface area contributed by atoms with Crippen LogP contribution in [0.15, 0.2) is 71.1 Å². The molecule has 0 aliphatic carbocycles. The van der Waals surface area contributed by atoms with E-state index in [-0.39, 0.29) is 0 Å². The predicted molar refractivity (Wildman–Crippen MR) is 81.3 cm³/mol. The van der Waals surface area contributed by atoms with E-state index < -0.39 is 0 Å². The van der Waals surface area contributed by atoms with Crippen LogP contribution in [0.2, 0.25) is 0 Å². The number of ether oxygens (including phenoxy) is 1. The van der Waals surface area contributed by atoms with Crippen molar-refractivity contribution in [3.8, 4) is 11.5 Å². The summed E-state index contributed by atoms with van der Waals surface area (Å²) in [6.07, 6.45) is 5.07. The molecular formula is C15H12N4OS. The number of hydrogen-bond acceptors (Lipinski definition) is 6. The third kappa shape index (κ3) is 3.49. The molecule has 0 atom stereocenters. The van der Waals surface area contributed by atoms with Crippen molar-refractivity contribution >= 4 is 17.6 Å². The van der Waals surface area contributed by atoms with Gasteiger partial charge in [0.15, 0.2) is 16.7 Å². The molecule has 2 N–H and O–H groups in total. The Labute approximate surface area is 126 Å². The SMILES string of the molecule is Nc1ncc(Sc2ncccn2)cc1Oc1ccccc1. The van der Waals surface area contributed by atoms with Gasteiger partial charge in [0.1, 0.15) is 5.75 Å². The molecule has 0 saturated carbocycles. The standard InChI is InChI=1S/C15H12N4OS/c16-14-13(20-11-5-2-1-3-6-11)9-12(10-19-14)21-15-17-7-4-8-18-15/h1-10H,(H2,16,19). The average molecular weight is 296 g/mol. The van der Waals surface area contributed by atoms with Crippen molar-refractivity contribution in [2.45, 2.75) is 10.1 Å². The number of aromatic nitrogens is 3. The Hall–Kier alpha value is -2.60. The molecule has 0 unspecified atom stereocenters. The highest BCUT2D eigenvalue weighted by Crippen LogP contribution is 2.32. The van der Waals surface area contributed by atoms with Crippen LogP contribution in [0, 0.1) is 0 Å². The predicted octanol–water partition coefficient (Wildman–Crippen LogP) is 3.40. The van der Waals surface area contributed by atoms with E-state index in [1.807, 2.05) is 36.4 Å². The molecule has 2 heterocycles. The molecule has 0 radical (unpaired) electrons. The third-order valence-electron chi connectivity index (χ3n) is 2.58. The van der Waals surface area contributed by atoms with Gasteiger partial charge in [-0.05, 0) is 30.0 Å². The van der Waals surface area contributed by atoms with Crippen LogP contribution in [0.3, 0.4) is 0 Å². The Morgan fingerprint density at radius 3 is 2.48 bits per heavy atom. The summed E-state index contributed by atoms with van der Waals surface area (Å²) in [5.74, 6) is 1.57. The van der Waals surface area contributed by atoms with E-state index in [1.54, 1.807) is 24.7 Å². The van der Waals surface area contributed by atoms with Gasteiger partial charge in [0, 0.05) is 29.6 Å². The van der Waals surface area contributed by atoms with E-state index >= 15 is 0 Å². The van der Waals surface area contributed by atoms with Gasteiger partial charge in [0.05, 0.1) is 0 Å². The summed E-state index contributed by atoms with van der Waals surface area (Å²) in [6, 6.07) is 13.0. The Balaban J connectivity index is 1.83. The molecule has 2 aromatic heterocycles. The van der Waals surface area contributed by atoms with Gasteiger partial charge in [-0.15, -0.1) is 0 Å². The van der Waals surface area contributed by atoms with Crippen molar-refractivity contribution in [1.29, 1.82) is 0 Å². The molecule has 21 heavy (non-hydrogen) atoms. The maximum Gasteiger partial charge on any atom is 0.192 e. The van der Waals surface area contributed by atoms with E-state index in [4.69, 9.17) is 10.5 Å². The van der Waals surface area contributed by atoms with Gasteiger partial charge in [-0.1, -0.05) is 18.2 Å². The fourth-order valence-corrected chi connectivity index (χ4v) is 2.34. The lowest BCUT2D eigenvalue weighted by Gasteiger charge is -2.09. The Kier molecular flexibility index (Phi) is 3.97. The van der Waals surface area contributed by atoms with Gasteiger partial charge in [-0.3, -0.25) is 0 Å². The number of pyridine rings is 1. The number of benzene rings is 1. The average Bonchev–Trinajstić information content (AvgIpc) is 2.53. The van der Waals surface area contributed by atoms with Crippen LogP contribution in [0.25, 0.3) is 0 Å². The molecule has 0 bridgehead atoms. The van der Waals surface area contributed by atoms with Gasteiger partial charge in [0.2, 0.25) is 0 Å². The van der Waals surface area contributed by atoms with E-state index in [0.29, 0.717) is 22.5 Å². The maximum atomic E-state index is 5.85. The fourth-order valence-electron chi connectivity index (χ4n) is 1.63. The van der Waals surface area contributed by atoms with Crippen molar-refractivity contribution in [1.82, 2.24) is 15.0 Å². The third-order valence-corrected chi connectivity index (χ3v) is 3.43. The number of nitrogen functional groups attached to an aromatic ring is 1. The van der Waals surface area contributed by atoms with Gasteiger partial charge in [-0.2, -0.15) is 0 Å². The quantitative estimate of drug-likeness (QED) is 0.744. The first-order valence-electron chi connectivity index (χ1n) is 6.24. The van der Waals surface area contributed by atoms with E-state index in [0.717, 1.165) is 4.90 Å². The molecule has 1 aromatic carbocycles. The monoisotopic (exact) mass is 296 g/mol. The number of anilines is 1. The molecule has 104 valence electrons. The highest BCUT2D eigenvalue weighted by Gasteiger charge is 2.07. The second-order valence-electron chi connectivity index (χ2n) is 4.10. The summed E-state index contributed by atoms with van der Waals surface area (Å²) < 4.78 is 5.75. The van der Waals surface area contributed by atoms with Crippen molar-refractivity contribution in [2.75, 3.05) is 5.73 Å². The second-order valence-corrected chi connectivity index (χ2v) is 5.14. The molecule has 0 amide bonds. The summed E-state index contributed by atoms with van der Waals surface area (Å²) >= 11 is 1.40. The van der Waals surface area contributed by atoms with Crippen LogP contribution in [0.1, 0.15) is 0 Å². The molecule has 5 nitrogen and oxygen atoms in total. The van der Waals surface area contributed by atoms with Gasteiger partial charge in [0.25, 0.3) is 0 Å². The molecule has 0 aliphatic heterocycles. The molecule has 0 spiro atoms. The Bertz CT molecular complexity index is 722. The van der Waals surface area contributed by atoms with E-state index in [9.17, 15) is 0 Å². The first-order chi connectivity index (χ1) is 10.3. The summed E-state index contributed by atoms with van der Waals surface area (Å²) in [7, 11) is 0. The zero-order valence-electron chi connectivity index (χ0n) is 11.0. The second kappa shape index (κ2) is 6.23. The number of hydrogen-bond donors (Lipinski definition) is 1. The molecule has 0 fully saturated rings. The van der Waals surface area contributed by atoms with Crippen LogP contribution < -0.4 is 10.5 Å². The molecule has 3 aromatic rings. The Morgan fingerprint density at radius 1 is 0.952 bits per heavy atom. The lowest BCUT2D eigenvalue weighted by atomic mass is 10.3. The first kappa shape index (κ1) is 13.4. The lowest BCUT2D eigenvalue weighted by Crippen LogP contribution is -1.95. The van der Waals surface area contributed by atoms with Gasteiger partial charge < -0.3 is 10.5 Å². The number of rotatable bonds is 4. The number of nitrogens with two attached hydrogens (primary N) is 1. The summed E-state index contributed by atoms with van der Waals surface area (Å²) in [6.45, 7) is 0. The van der Waals surface area contributed by atoms with Crippen LogP contribution in [0.4, 0.5) is 5.82 Å². The summed E-state index contributed by atoms with van der Waals surface area (Å²) in [5.41, 5.74) is 5.85. The zero-order chi connectivity index (χ0) is 14.5. The van der Waals surface area contributed by atoms with Crippen molar-refractivity contribution in [3.05, 3.63) is 61.1 Å². The highest BCUT2D eigenvalue weighted by molar-refractivity contribution is 7.99. The molecule has 3 rings (SSSR count). The normalized spacial score (nSPS) is 10.3. The molecule has 0 saturated heterocycles. The smallest absolute Gasteiger partial charge is 0.192 e. The molecular weight excluding hydrogens is 284 g/mol. The van der Waals surface area contributed by atoms with Gasteiger partial charge in [-0.25, -0.2) is 15.0 Å².